The number of unbranched alkanes of at least 4 members (excludes halogenated alkanes) is 14. The van der Waals surface area contributed by atoms with Gasteiger partial charge >= 0.3 is 5.97 Å². The van der Waals surface area contributed by atoms with E-state index in [0.717, 1.165) is 12.8 Å². The van der Waals surface area contributed by atoms with Crippen LogP contribution in [-0.2, 0) is 20.8 Å². The standard InChI is InChI=1S/C29H50N2O4/c1-2-3-4-5-6-7-8-9-10-11-12-13-14-15-16-18-27(32)19-17-20-28(33)22-25(29(34)35)21-26-23-30-24-31-26/h23-25H,2-22H2,1H3,(H,30,31)(H,34,35). The summed E-state index contributed by atoms with van der Waals surface area (Å²) in [5, 5.41) is 9.36. The van der Waals surface area contributed by atoms with Crippen molar-refractivity contribution < 1.29 is 19.5 Å². The lowest BCUT2D eigenvalue weighted by molar-refractivity contribution is -0.143. The van der Waals surface area contributed by atoms with Gasteiger partial charge in [-0.2, -0.15) is 0 Å². The lowest BCUT2D eigenvalue weighted by atomic mass is 9.95. The van der Waals surface area contributed by atoms with Crippen molar-refractivity contribution in [2.45, 2.75) is 142 Å². The van der Waals surface area contributed by atoms with Gasteiger partial charge in [0.05, 0.1) is 12.2 Å². The van der Waals surface area contributed by atoms with Gasteiger partial charge in [0, 0.05) is 44.0 Å². The number of aromatic amines is 1. The van der Waals surface area contributed by atoms with E-state index in [0.29, 0.717) is 25.0 Å². The second-order valence-corrected chi connectivity index (χ2v) is 10.2. The Bertz CT molecular complexity index is 672. The Morgan fingerprint density at radius 2 is 1.23 bits per heavy atom. The summed E-state index contributed by atoms with van der Waals surface area (Å²) in [5.41, 5.74) is 0.712. The number of aliphatic carboxylic acids is 1. The molecule has 0 aromatic carbocycles. The van der Waals surface area contributed by atoms with Crippen LogP contribution in [0.1, 0.15) is 141 Å². The second-order valence-electron chi connectivity index (χ2n) is 10.2. The topological polar surface area (TPSA) is 100 Å². The molecule has 1 rings (SSSR count). The SMILES string of the molecule is CCCCCCCCCCCCCCCCCC(=O)CCCC(=O)CC(Cc1cnc[nH]1)C(=O)O. The highest BCUT2D eigenvalue weighted by molar-refractivity contribution is 5.84. The predicted octanol–water partition coefficient (Wildman–Crippen LogP) is 7.61. The summed E-state index contributed by atoms with van der Waals surface area (Å²) >= 11 is 0. The molecule has 1 atom stereocenters. The van der Waals surface area contributed by atoms with E-state index in [1.54, 1.807) is 6.20 Å². The molecule has 0 aliphatic heterocycles. The van der Waals surface area contributed by atoms with Crippen LogP contribution >= 0.6 is 0 Å². The highest BCUT2D eigenvalue weighted by atomic mass is 16.4. The number of carboxylic acids is 1. The summed E-state index contributed by atoms with van der Waals surface area (Å²) < 4.78 is 0. The lowest BCUT2D eigenvalue weighted by Crippen LogP contribution is -2.20. The molecule has 1 aromatic heterocycles. The van der Waals surface area contributed by atoms with E-state index in [-0.39, 0.29) is 30.8 Å². The van der Waals surface area contributed by atoms with Gasteiger partial charge < -0.3 is 10.1 Å². The van der Waals surface area contributed by atoms with Crippen LogP contribution < -0.4 is 0 Å². The minimum absolute atomic E-state index is 0.00158. The van der Waals surface area contributed by atoms with Crippen LogP contribution in [0.4, 0.5) is 0 Å². The molecule has 6 nitrogen and oxygen atoms in total. The molecule has 0 aliphatic carbocycles. The van der Waals surface area contributed by atoms with E-state index in [2.05, 4.69) is 16.9 Å². The molecule has 1 unspecified atom stereocenters. The summed E-state index contributed by atoms with van der Waals surface area (Å²) in [5.74, 6) is -1.59. The molecule has 6 heteroatoms. The van der Waals surface area contributed by atoms with Crippen molar-refractivity contribution in [2.24, 2.45) is 5.92 Å². The first-order chi connectivity index (χ1) is 17.0. The van der Waals surface area contributed by atoms with Crippen LogP contribution in [-0.4, -0.2) is 32.6 Å². The fourth-order valence-electron chi connectivity index (χ4n) is 4.59. The molecule has 1 aromatic rings. The number of hydrogen-bond acceptors (Lipinski definition) is 4. The number of H-pyrrole nitrogens is 1. The molecule has 0 bridgehead atoms. The zero-order valence-corrected chi connectivity index (χ0v) is 22.2. The van der Waals surface area contributed by atoms with E-state index >= 15 is 0 Å². The summed E-state index contributed by atoms with van der Waals surface area (Å²) in [6.45, 7) is 2.26. The van der Waals surface area contributed by atoms with E-state index in [1.165, 1.54) is 89.8 Å². The van der Waals surface area contributed by atoms with Crippen molar-refractivity contribution in [3.05, 3.63) is 18.2 Å². The first-order valence-corrected chi connectivity index (χ1v) is 14.3. The zero-order chi connectivity index (χ0) is 25.6. The quantitative estimate of drug-likeness (QED) is 0.137. The zero-order valence-electron chi connectivity index (χ0n) is 22.2. The maximum Gasteiger partial charge on any atom is 0.307 e. The Morgan fingerprint density at radius 1 is 0.743 bits per heavy atom. The molecule has 200 valence electrons. The number of aromatic nitrogens is 2. The van der Waals surface area contributed by atoms with Crippen molar-refractivity contribution >= 4 is 17.5 Å². The van der Waals surface area contributed by atoms with Crippen molar-refractivity contribution in [2.75, 3.05) is 0 Å². The van der Waals surface area contributed by atoms with Crippen LogP contribution in [0.15, 0.2) is 12.5 Å². The fraction of sp³-hybridized carbons (Fsp3) is 0.793. The molecule has 0 spiro atoms. The van der Waals surface area contributed by atoms with Crippen LogP contribution in [0.25, 0.3) is 0 Å². The third-order valence-electron chi connectivity index (χ3n) is 6.81. The predicted molar refractivity (Wildman–Crippen MR) is 141 cm³/mol. The van der Waals surface area contributed by atoms with Crippen molar-refractivity contribution in [1.29, 1.82) is 0 Å². The number of ketones is 2. The number of carbonyl (C=O) groups excluding carboxylic acids is 2. The highest BCUT2D eigenvalue weighted by Crippen LogP contribution is 2.16. The number of rotatable bonds is 25. The van der Waals surface area contributed by atoms with Gasteiger partial charge in [0.1, 0.15) is 11.6 Å². The smallest absolute Gasteiger partial charge is 0.307 e. The van der Waals surface area contributed by atoms with E-state index in [9.17, 15) is 19.5 Å². The largest absolute Gasteiger partial charge is 0.481 e. The van der Waals surface area contributed by atoms with Crippen molar-refractivity contribution in [3.63, 3.8) is 0 Å². The molecule has 0 amide bonds. The fourth-order valence-corrected chi connectivity index (χ4v) is 4.59. The molecular formula is C29H50N2O4. The Morgan fingerprint density at radius 3 is 1.71 bits per heavy atom. The van der Waals surface area contributed by atoms with Crippen LogP contribution in [0.2, 0.25) is 0 Å². The minimum Gasteiger partial charge on any atom is -0.481 e. The molecule has 1 heterocycles. The van der Waals surface area contributed by atoms with E-state index in [1.807, 2.05) is 0 Å². The Hall–Kier alpha value is -1.98. The van der Waals surface area contributed by atoms with Gasteiger partial charge in [-0.3, -0.25) is 14.4 Å². The number of carboxylic acid groups (broad SMARTS) is 1. The Balaban J connectivity index is 1.91. The number of hydrogen-bond donors (Lipinski definition) is 2. The lowest BCUT2D eigenvalue weighted by Gasteiger charge is -2.10. The van der Waals surface area contributed by atoms with E-state index in [4.69, 9.17) is 0 Å². The summed E-state index contributed by atoms with van der Waals surface area (Å²) in [6, 6.07) is 0. The molecular weight excluding hydrogens is 440 g/mol. The average Bonchev–Trinajstić information content (AvgIpc) is 3.34. The maximum atomic E-state index is 12.2. The number of nitrogens with one attached hydrogen (secondary N) is 1. The summed E-state index contributed by atoms with van der Waals surface area (Å²) in [4.78, 5) is 42.4. The van der Waals surface area contributed by atoms with E-state index < -0.39 is 11.9 Å². The molecule has 0 saturated heterocycles. The number of Topliss-reactive ketones (excluding diaryl/α,β-unsaturated/α-hetero) is 2. The van der Waals surface area contributed by atoms with Gasteiger partial charge in [0.25, 0.3) is 0 Å². The number of nitrogens with zero attached hydrogens (tertiary/aromatic N) is 1. The van der Waals surface area contributed by atoms with Crippen LogP contribution in [0, 0.1) is 5.92 Å². The summed E-state index contributed by atoms with van der Waals surface area (Å²) in [6.07, 6.45) is 24.8. The molecule has 0 saturated carbocycles. The number of carbonyl (C=O) groups is 3. The van der Waals surface area contributed by atoms with Crippen LogP contribution in [0.5, 0.6) is 0 Å². The third-order valence-corrected chi connectivity index (χ3v) is 6.81. The average molecular weight is 491 g/mol. The van der Waals surface area contributed by atoms with Crippen molar-refractivity contribution in [3.8, 4) is 0 Å². The van der Waals surface area contributed by atoms with Gasteiger partial charge in [0.2, 0.25) is 0 Å². The third kappa shape index (κ3) is 18.0. The second kappa shape index (κ2) is 21.3. The minimum atomic E-state index is -0.975. The van der Waals surface area contributed by atoms with Crippen LogP contribution in [0.3, 0.4) is 0 Å². The van der Waals surface area contributed by atoms with Gasteiger partial charge in [-0.05, 0) is 12.8 Å². The Labute approximate surface area is 213 Å². The van der Waals surface area contributed by atoms with Gasteiger partial charge in [0.15, 0.2) is 0 Å². The molecule has 2 N–H and O–H groups in total. The summed E-state index contributed by atoms with van der Waals surface area (Å²) in [7, 11) is 0. The van der Waals surface area contributed by atoms with Gasteiger partial charge in [-0.25, -0.2) is 4.98 Å². The first kappa shape index (κ1) is 31.1. The normalized spacial score (nSPS) is 12.0. The maximum absolute atomic E-state index is 12.2. The number of imidazole rings is 1. The molecule has 0 aliphatic rings. The molecule has 0 fully saturated rings. The van der Waals surface area contributed by atoms with Gasteiger partial charge in [-0.1, -0.05) is 96.8 Å². The Kier molecular flexibility index (Phi) is 18.9. The van der Waals surface area contributed by atoms with Gasteiger partial charge in [-0.15, -0.1) is 0 Å². The molecule has 0 radical (unpaired) electrons. The van der Waals surface area contributed by atoms with Crippen molar-refractivity contribution in [1.82, 2.24) is 9.97 Å². The monoisotopic (exact) mass is 490 g/mol. The highest BCUT2D eigenvalue weighted by Gasteiger charge is 2.22. The first-order valence-electron chi connectivity index (χ1n) is 14.3. The molecule has 35 heavy (non-hydrogen) atoms.